The summed E-state index contributed by atoms with van der Waals surface area (Å²) < 4.78 is 0. The zero-order valence-electron chi connectivity index (χ0n) is 10.3. The van der Waals surface area contributed by atoms with Gasteiger partial charge in [0.25, 0.3) is 5.91 Å². The van der Waals surface area contributed by atoms with E-state index in [1.165, 1.54) is 0 Å². The van der Waals surface area contributed by atoms with E-state index in [2.05, 4.69) is 18.5 Å². The maximum Gasteiger partial charge on any atom is 0.255 e. The van der Waals surface area contributed by atoms with Crippen molar-refractivity contribution in [3.63, 3.8) is 0 Å². The molecule has 17 heavy (non-hydrogen) atoms. The van der Waals surface area contributed by atoms with Gasteiger partial charge in [-0.3, -0.25) is 4.79 Å². The smallest absolute Gasteiger partial charge is 0.255 e. The number of anilines is 1. The predicted molar refractivity (Wildman–Crippen MR) is 72.9 cm³/mol. The highest BCUT2D eigenvalue weighted by Crippen LogP contribution is 2.14. The topological polar surface area (TPSA) is 29.1 Å². The molecule has 0 aromatic heterocycles. The minimum Gasteiger partial charge on any atom is -0.322 e. The van der Waals surface area contributed by atoms with Crippen LogP contribution >= 0.6 is 0 Å². The molecule has 0 aliphatic rings. The fourth-order valence-electron chi connectivity index (χ4n) is 1.45. The standard InChI is InChI=1S/C15H17NO/c1-5-7-14(11(2)3)15(17)16-13-9-6-8-12(4)10-13/h5-10H,1-2H2,3-4H3,(H,16,17)/b14-7+. The summed E-state index contributed by atoms with van der Waals surface area (Å²) in [5.41, 5.74) is 3.15. The van der Waals surface area contributed by atoms with Crippen LogP contribution in [0.15, 0.2) is 60.7 Å². The minimum absolute atomic E-state index is 0.164. The van der Waals surface area contributed by atoms with Crippen molar-refractivity contribution in [1.82, 2.24) is 0 Å². The van der Waals surface area contributed by atoms with E-state index < -0.39 is 0 Å². The van der Waals surface area contributed by atoms with Gasteiger partial charge in [0.1, 0.15) is 0 Å². The highest BCUT2D eigenvalue weighted by atomic mass is 16.1. The number of aryl methyl sites for hydroxylation is 1. The molecule has 0 saturated heterocycles. The maximum atomic E-state index is 12.0. The second-order valence-electron chi connectivity index (χ2n) is 3.92. The number of carbonyl (C=O) groups is 1. The molecule has 0 radical (unpaired) electrons. The number of carbonyl (C=O) groups excluding carboxylic acids is 1. The van der Waals surface area contributed by atoms with E-state index in [-0.39, 0.29) is 5.91 Å². The summed E-state index contributed by atoms with van der Waals surface area (Å²) in [7, 11) is 0. The Labute approximate surface area is 102 Å². The van der Waals surface area contributed by atoms with E-state index in [1.54, 1.807) is 19.1 Å². The molecule has 1 aromatic carbocycles. The molecule has 0 unspecified atom stereocenters. The van der Waals surface area contributed by atoms with E-state index in [0.717, 1.165) is 16.8 Å². The van der Waals surface area contributed by atoms with Crippen molar-refractivity contribution in [3.8, 4) is 0 Å². The molecule has 0 spiro atoms. The van der Waals surface area contributed by atoms with E-state index >= 15 is 0 Å². The summed E-state index contributed by atoms with van der Waals surface area (Å²) >= 11 is 0. The second kappa shape index (κ2) is 5.85. The summed E-state index contributed by atoms with van der Waals surface area (Å²) in [5.74, 6) is -0.164. The number of nitrogens with one attached hydrogen (secondary N) is 1. The molecule has 1 amide bonds. The molecule has 1 aromatic rings. The summed E-state index contributed by atoms with van der Waals surface area (Å²) in [5, 5.41) is 2.83. The number of allylic oxidation sites excluding steroid dienone is 2. The van der Waals surface area contributed by atoms with E-state index in [0.29, 0.717) is 5.57 Å². The van der Waals surface area contributed by atoms with Gasteiger partial charge in [-0.1, -0.05) is 31.4 Å². The Kier molecular flexibility index (Phi) is 4.46. The van der Waals surface area contributed by atoms with Crippen molar-refractivity contribution in [2.45, 2.75) is 13.8 Å². The first kappa shape index (κ1) is 13.0. The van der Waals surface area contributed by atoms with Crippen LogP contribution in [0.4, 0.5) is 5.69 Å². The number of hydrogen-bond acceptors (Lipinski definition) is 1. The first-order chi connectivity index (χ1) is 8.04. The lowest BCUT2D eigenvalue weighted by Crippen LogP contribution is -2.14. The average Bonchev–Trinajstić information content (AvgIpc) is 2.25. The van der Waals surface area contributed by atoms with Crippen LogP contribution < -0.4 is 5.32 Å². The van der Waals surface area contributed by atoms with Gasteiger partial charge in [-0.25, -0.2) is 0 Å². The Bertz CT molecular complexity index is 483. The van der Waals surface area contributed by atoms with Crippen LogP contribution in [0.1, 0.15) is 12.5 Å². The van der Waals surface area contributed by atoms with Crippen LogP contribution in [0, 0.1) is 6.92 Å². The molecule has 0 atom stereocenters. The Morgan fingerprint density at radius 2 is 2.12 bits per heavy atom. The lowest BCUT2D eigenvalue weighted by molar-refractivity contribution is -0.112. The molecule has 0 aliphatic carbocycles. The van der Waals surface area contributed by atoms with Gasteiger partial charge in [0.2, 0.25) is 0 Å². The molecule has 0 bridgehead atoms. The molecule has 2 nitrogen and oxygen atoms in total. The molecule has 2 heteroatoms. The SMILES string of the molecule is C=C/C=C(\C(=C)C)C(=O)Nc1cccc(C)c1. The summed E-state index contributed by atoms with van der Waals surface area (Å²) in [4.78, 5) is 12.0. The number of hydrogen-bond donors (Lipinski definition) is 1. The number of rotatable bonds is 4. The van der Waals surface area contributed by atoms with E-state index in [9.17, 15) is 4.79 Å². The van der Waals surface area contributed by atoms with Gasteiger partial charge < -0.3 is 5.32 Å². The lowest BCUT2D eigenvalue weighted by Gasteiger charge is -2.08. The molecule has 0 aliphatic heterocycles. The van der Waals surface area contributed by atoms with Crippen LogP contribution in [-0.4, -0.2) is 5.91 Å². The van der Waals surface area contributed by atoms with Gasteiger partial charge in [0.05, 0.1) is 0 Å². The van der Waals surface area contributed by atoms with Crippen molar-refractivity contribution in [3.05, 3.63) is 66.3 Å². The third kappa shape index (κ3) is 3.76. The van der Waals surface area contributed by atoms with Gasteiger partial charge in [-0.15, -0.1) is 0 Å². The zero-order chi connectivity index (χ0) is 12.8. The number of benzene rings is 1. The Hall–Kier alpha value is -2.09. The second-order valence-corrected chi connectivity index (χ2v) is 3.92. The molecular formula is C15H17NO. The van der Waals surface area contributed by atoms with Crippen LogP contribution in [0.3, 0.4) is 0 Å². The quantitative estimate of drug-likeness (QED) is 0.617. The van der Waals surface area contributed by atoms with Crippen molar-refractivity contribution in [1.29, 1.82) is 0 Å². The summed E-state index contributed by atoms with van der Waals surface area (Å²) in [6.07, 6.45) is 3.24. The summed E-state index contributed by atoms with van der Waals surface area (Å²) in [6.45, 7) is 11.1. The molecule has 0 heterocycles. The fraction of sp³-hybridized carbons (Fsp3) is 0.133. The highest BCUT2D eigenvalue weighted by molar-refractivity contribution is 6.06. The molecule has 1 N–H and O–H groups in total. The predicted octanol–water partition coefficient (Wildman–Crippen LogP) is 3.62. The van der Waals surface area contributed by atoms with Crippen molar-refractivity contribution < 1.29 is 4.79 Å². The molecule has 0 fully saturated rings. The summed E-state index contributed by atoms with van der Waals surface area (Å²) in [6, 6.07) is 7.66. The van der Waals surface area contributed by atoms with Gasteiger partial charge in [0.15, 0.2) is 0 Å². The third-order valence-electron chi connectivity index (χ3n) is 2.26. The van der Waals surface area contributed by atoms with Gasteiger partial charge in [0, 0.05) is 11.3 Å². The molecule has 88 valence electrons. The Morgan fingerprint density at radius 3 is 2.65 bits per heavy atom. The fourth-order valence-corrected chi connectivity index (χ4v) is 1.45. The van der Waals surface area contributed by atoms with E-state index in [4.69, 9.17) is 0 Å². The third-order valence-corrected chi connectivity index (χ3v) is 2.26. The first-order valence-electron chi connectivity index (χ1n) is 5.41. The molecule has 0 saturated carbocycles. The molecule has 1 rings (SSSR count). The van der Waals surface area contributed by atoms with Gasteiger partial charge in [-0.2, -0.15) is 0 Å². The van der Waals surface area contributed by atoms with Crippen LogP contribution in [-0.2, 0) is 4.79 Å². The Morgan fingerprint density at radius 1 is 1.41 bits per heavy atom. The van der Waals surface area contributed by atoms with Crippen molar-refractivity contribution >= 4 is 11.6 Å². The molecular weight excluding hydrogens is 210 g/mol. The van der Waals surface area contributed by atoms with Crippen molar-refractivity contribution in [2.75, 3.05) is 5.32 Å². The monoisotopic (exact) mass is 227 g/mol. The minimum atomic E-state index is -0.164. The van der Waals surface area contributed by atoms with E-state index in [1.807, 2.05) is 31.2 Å². The van der Waals surface area contributed by atoms with Crippen LogP contribution in [0.5, 0.6) is 0 Å². The van der Waals surface area contributed by atoms with Crippen molar-refractivity contribution in [2.24, 2.45) is 0 Å². The first-order valence-corrected chi connectivity index (χ1v) is 5.41. The van der Waals surface area contributed by atoms with Crippen LogP contribution in [0.2, 0.25) is 0 Å². The highest BCUT2D eigenvalue weighted by Gasteiger charge is 2.09. The normalized spacial score (nSPS) is 10.8. The Balaban J connectivity index is 2.88. The number of amides is 1. The van der Waals surface area contributed by atoms with Gasteiger partial charge >= 0.3 is 0 Å². The largest absolute Gasteiger partial charge is 0.322 e. The van der Waals surface area contributed by atoms with Gasteiger partial charge in [-0.05, 0) is 43.2 Å². The lowest BCUT2D eigenvalue weighted by atomic mass is 10.1. The average molecular weight is 227 g/mol. The van der Waals surface area contributed by atoms with Crippen LogP contribution in [0.25, 0.3) is 0 Å². The zero-order valence-corrected chi connectivity index (χ0v) is 10.3. The maximum absolute atomic E-state index is 12.0.